The second kappa shape index (κ2) is 4.81. The first kappa shape index (κ1) is 11.0. The number of rotatable bonds is 3. The minimum absolute atomic E-state index is 0.0881. The molecule has 11 heavy (non-hydrogen) atoms. The minimum atomic E-state index is 0.0881. The quantitative estimate of drug-likeness (QED) is 0.653. The van der Waals surface area contributed by atoms with Crippen LogP contribution in [0.1, 0.15) is 47.0 Å². The number of hydrogen-bond acceptors (Lipinski definition) is 2. The molecule has 0 atom stereocenters. The highest BCUT2D eigenvalue weighted by atomic mass is 32.2. The Balaban J connectivity index is 3.53. The molecule has 0 radical (unpaired) electrons. The highest BCUT2D eigenvalue weighted by Gasteiger charge is 2.15. The summed E-state index contributed by atoms with van der Waals surface area (Å²) in [5, 5.41) is 0.333. The van der Waals surface area contributed by atoms with Gasteiger partial charge in [0.2, 0.25) is 0 Å². The second-order valence-corrected chi connectivity index (χ2v) is 5.57. The van der Waals surface area contributed by atoms with E-state index < -0.39 is 0 Å². The van der Waals surface area contributed by atoms with E-state index in [0.29, 0.717) is 5.12 Å². The SMILES string of the molecule is CCCCC(=O)SC(C)(C)C. The molecule has 0 aromatic heterocycles. The maximum absolute atomic E-state index is 11.2. The van der Waals surface area contributed by atoms with E-state index in [1.165, 1.54) is 11.8 Å². The van der Waals surface area contributed by atoms with Crippen molar-refractivity contribution in [1.29, 1.82) is 0 Å². The molecule has 0 bridgehead atoms. The van der Waals surface area contributed by atoms with E-state index in [1.54, 1.807) is 0 Å². The van der Waals surface area contributed by atoms with Crippen LogP contribution in [0.3, 0.4) is 0 Å². The van der Waals surface area contributed by atoms with Crippen LogP contribution in [0.2, 0.25) is 0 Å². The van der Waals surface area contributed by atoms with Crippen LogP contribution in [0.4, 0.5) is 0 Å². The molecule has 2 heteroatoms. The van der Waals surface area contributed by atoms with E-state index in [2.05, 4.69) is 27.7 Å². The molecule has 0 saturated carbocycles. The smallest absolute Gasteiger partial charge is 0.189 e. The van der Waals surface area contributed by atoms with Gasteiger partial charge >= 0.3 is 0 Å². The molecule has 0 N–H and O–H groups in total. The van der Waals surface area contributed by atoms with Crippen molar-refractivity contribution in [3.8, 4) is 0 Å². The monoisotopic (exact) mass is 174 g/mol. The number of hydrogen-bond donors (Lipinski definition) is 0. The van der Waals surface area contributed by atoms with Crippen molar-refractivity contribution >= 4 is 16.9 Å². The van der Waals surface area contributed by atoms with Gasteiger partial charge in [-0.3, -0.25) is 4.79 Å². The van der Waals surface area contributed by atoms with Gasteiger partial charge in [0.05, 0.1) is 0 Å². The summed E-state index contributed by atoms with van der Waals surface area (Å²) < 4.78 is 0.0881. The molecule has 0 heterocycles. The first-order chi connectivity index (χ1) is 4.95. The zero-order valence-corrected chi connectivity index (χ0v) is 8.75. The van der Waals surface area contributed by atoms with E-state index in [4.69, 9.17) is 0 Å². The molecule has 66 valence electrons. The van der Waals surface area contributed by atoms with E-state index in [0.717, 1.165) is 19.3 Å². The number of carbonyl (C=O) groups is 1. The Morgan fingerprint density at radius 3 is 2.27 bits per heavy atom. The van der Waals surface area contributed by atoms with Crippen LogP contribution in [-0.4, -0.2) is 9.86 Å². The van der Waals surface area contributed by atoms with E-state index in [-0.39, 0.29) is 4.75 Å². The molecule has 1 nitrogen and oxygen atoms in total. The third-order valence-corrected chi connectivity index (χ3v) is 2.20. The van der Waals surface area contributed by atoms with Crippen molar-refractivity contribution in [2.75, 3.05) is 0 Å². The van der Waals surface area contributed by atoms with Gasteiger partial charge in [0.25, 0.3) is 0 Å². The van der Waals surface area contributed by atoms with Crippen LogP contribution < -0.4 is 0 Å². The summed E-state index contributed by atoms with van der Waals surface area (Å²) in [4.78, 5) is 11.2. The maximum atomic E-state index is 11.2. The van der Waals surface area contributed by atoms with Gasteiger partial charge in [-0.05, 0) is 6.42 Å². The predicted octanol–water partition coefficient (Wildman–Crippen LogP) is 3.23. The van der Waals surface area contributed by atoms with Crippen molar-refractivity contribution < 1.29 is 4.79 Å². The van der Waals surface area contributed by atoms with Gasteiger partial charge in [0.15, 0.2) is 5.12 Å². The van der Waals surface area contributed by atoms with E-state index in [9.17, 15) is 4.79 Å². The third kappa shape index (κ3) is 7.92. The average molecular weight is 174 g/mol. The van der Waals surface area contributed by atoms with Crippen LogP contribution in [0.5, 0.6) is 0 Å². The van der Waals surface area contributed by atoms with Gasteiger partial charge < -0.3 is 0 Å². The lowest BCUT2D eigenvalue weighted by molar-refractivity contribution is -0.111. The normalized spacial score (nSPS) is 11.6. The largest absolute Gasteiger partial charge is 0.287 e. The van der Waals surface area contributed by atoms with Crippen LogP contribution in [-0.2, 0) is 4.79 Å². The number of unbranched alkanes of at least 4 members (excludes halogenated alkanes) is 1. The van der Waals surface area contributed by atoms with Crippen LogP contribution in [0.25, 0.3) is 0 Å². The Kier molecular flexibility index (Phi) is 4.82. The summed E-state index contributed by atoms with van der Waals surface area (Å²) in [5.41, 5.74) is 0. The van der Waals surface area contributed by atoms with Crippen molar-refractivity contribution in [2.24, 2.45) is 0 Å². The van der Waals surface area contributed by atoms with Gasteiger partial charge in [-0.15, -0.1) is 0 Å². The van der Waals surface area contributed by atoms with Crippen molar-refractivity contribution in [2.45, 2.75) is 51.7 Å². The fourth-order valence-corrected chi connectivity index (χ4v) is 1.64. The Bertz CT molecular complexity index is 124. The third-order valence-electron chi connectivity index (χ3n) is 1.15. The summed E-state index contributed by atoms with van der Waals surface area (Å²) in [6.45, 7) is 8.32. The number of thioether (sulfide) groups is 1. The second-order valence-electron chi connectivity index (χ2n) is 3.69. The molecule has 0 unspecified atom stereocenters. The zero-order valence-electron chi connectivity index (χ0n) is 7.94. The first-order valence-corrected chi connectivity index (χ1v) is 4.99. The van der Waals surface area contributed by atoms with Gasteiger partial charge in [-0.25, -0.2) is 0 Å². The van der Waals surface area contributed by atoms with Crippen molar-refractivity contribution in [1.82, 2.24) is 0 Å². The zero-order chi connectivity index (χ0) is 8.91. The molecule has 0 aromatic rings. The van der Waals surface area contributed by atoms with E-state index in [1.807, 2.05) is 0 Å². The molecule has 0 amide bonds. The van der Waals surface area contributed by atoms with Crippen LogP contribution in [0.15, 0.2) is 0 Å². The summed E-state index contributed by atoms with van der Waals surface area (Å²) >= 11 is 1.46. The molecule has 0 fully saturated rings. The van der Waals surface area contributed by atoms with E-state index >= 15 is 0 Å². The standard InChI is InChI=1S/C9H18OS/c1-5-6-7-8(10)11-9(2,3)4/h5-7H2,1-4H3. The lowest BCUT2D eigenvalue weighted by Gasteiger charge is -2.15. The Morgan fingerprint density at radius 1 is 1.36 bits per heavy atom. The highest BCUT2D eigenvalue weighted by molar-refractivity contribution is 8.14. The Hall–Kier alpha value is 0.0200. The molecule has 0 saturated heterocycles. The van der Waals surface area contributed by atoms with Crippen molar-refractivity contribution in [3.63, 3.8) is 0 Å². The summed E-state index contributed by atoms with van der Waals surface area (Å²) in [7, 11) is 0. The average Bonchev–Trinajstić information content (AvgIpc) is 1.79. The summed E-state index contributed by atoms with van der Waals surface area (Å²) in [6, 6.07) is 0. The van der Waals surface area contributed by atoms with Gasteiger partial charge in [-0.2, -0.15) is 0 Å². The Morgan fingerprint density at radius 2 is 1.91 bits per heavy atom. The molecule has 0 aliphatic carbocycles. The van der Waals surface area contributed by atoms with Gasteiger partial charge in [0.1, 0.15) is 0 Å². The fraction of sp³-hybridized carbons (Fsp3) is 0.889. The van der Waals surface area contributed by atoms with Gasteiger partial charge in [-0.1, -0.05) is 45.9 Å². The number of carbonyl (C=O) groups excluding carboxylic acids is 1. The minimum Gasteiger partial charge on any atom is -0.287 e. The molecule has 0 aromatic carbocycles. The maximum Gasteiger partial charge on any atom is 0.189 e. The molecular weight excluding hydrogens is 156 g/mol. The molecule has 0 aliphatic rings. The first-order valence-electron chi connectivity index (χ1n) is 4.17. The summed E-state index contributed by atoms with van der Waals surface area (Å²) in [5.74, 6) is 0. The van der Waals surface area contributed by atoms with Crippen LogP contribution >= 0.6 is 11.8 Å². The topological polar surface area (TPSA) is 17.1 Å². The lowest BCUT2D eigenvalue weighted by Crippen LogP contribution is -2.11. The van der Waals surface area contributed by atoms with Gasteiger partial charge in [0, 0.05) is 11.2 Å². The molecule has 0 spiro atoms. The Labute approximate surface area is 73.9 Å². The molecule has 0 rings (SSSR count). The fourth-order valence-electron chi connectivity index (χ4n) is 0.714. The molecular formula is C9H18OS. The van der Waals surface area contributed by atoms with Crippen LogP contribution in [0, 0.1) is 0 Å². The predicted molar refractivity (Wildman–Crippen MR) is 51.9 cm³/mol. The molecule has 0 aliphatic heterocycles. The lowest BCUT2D eigenvalue weighted by atomic mass is 10.3. The van der Waals surface area contributed by atoms with Crippen molar-refractivity contribution in [3.05, 3.63) is 0 Å². The highest BCUT2D eigenvalue weighted by Crippen LogP contribution is 2.25. The summed E-state index contributed by atoms with van der Waals surface area (Å²) in [6.07, 6.45) is 2.87.